The molecule has 1 aromatic rings. The number of carbonyl (C=O) groups excluding carboxylic acids is 1. The van der Waals surface area contributed by atoms with Crippen LogP contribution >= 0.6 is 0 Å². The lowest BCUT2D eigenvalue weighted by atomic mass is 10.1. The summed E-state index contributed by atoms with van der Waals surface area (Å²) in [7, 11) is -3.19. The summed E-state index contributed by atoms with van der Waals surface area (Å²) in [5.41, 5.74) is 0.729. The third-order valence-electron chi connectivity index (χ3n) is 2.12. The number of aryl methyl sites for hydroxylation is 1. The van der Waals surface area contributed by atoms with Gasteiger partial charge in [0.2, 0.25) is 0 Å². The summed E-state index contributed by atoms with van der Waals surface area (Å²) < 4.78 is 35.0. The molecule has 1 aromatic carbocycles. The Morgan fingerprint density at radius 1 is 1.38 bits per heavy atom. The van der Waals surface area contributed by atoms with E-state index in [1.165, 1.54) is 12.1 Å². The fourth-order valence-electron chi connectivity index (χ4n) is 1.27. The average Bonchev–Trinajstić information content (AvgIpc) is 2.17. The normalized spacial score (nSPS) is 11.4. The van der Waals surface area contributed by atoms with Crippen LogP contribution in [0.1, 0.15) is 22.3 Å². The van der Waals surface area contributed by atoms with Crippen LogP contribution in [0, 0.1) is 12.7 Å². The number of Topliss-reactive ketones (excluding diaryl/α,β-unsaturated/α-hetero) is 1. The van der Waals surface area contributed by atoms with Crippen LogP contribution in [-0.2, 0) is 9.84 Å². The van der Waals surface area contributed by atoms with E-state index < -0.39 is 21.4 Å². The number of ketones is 1. The van der Waals surface area contributed by atoms with Gasteiger partial charge < -0.3 is 0 Å². The molecule has 16 heavy (non-hydrogen) atoms. The lowest BCUT2D eigenvalue weighted by Gasteiger charge is -2.03. The lowest BCUT2D eigenvalue weighted by Crippen LogP contribution is -2.11. The first kappa shape index (κ1) is 12.8. The average molecular weight is 244 g/mol. The van der Waals surface area contributed by atoms with Crippen molar-refractivity contribution < 1.29 is 17.6 Å². The standard InChI is InChI=1S/C11H13FO3S/c1-8-3-4-10(12)9(7-8)11(13)5-6-16(2,14)15/h3-4,7H,5-6H2,1-2H3. The molecule has 0 N–H and O–H groups in total. The molecule has 0 aromatic heterocycles. The molecule has 0 aliphatic heterocycles. The van der Waals surface area contributed by atoms with Crippen molar-refractivity contribution in [3.05, 3.63) is 35.1 Å². The van der Waals surface area contributed by atoms with Crippen LogP contribution in [0.4, 0.5) is 4.39 Å². The number of halogens is 1. The molecule has 1 rings (SSSR count). The summed E-state index contributed by atoms with van der Waals surface area (Å²) in [4.78, 5) is 11.6. The first-order chi connectivity index (χ1) is 7.29. The fraction of sp³-hybridized carbons (Fsp3) is 0.364. The van der Waals surface area contributed by atoms with Gasteiger partial charge in [0.1, 0.15) is 15.7 Å². The van der Waals surface area contributed by atoms with Crippen LogP contribution in [0.15, 0.2) is 18.2 Å². The minimum Gasteiger partial charge on any atom is -0.294 e. The van der Waals surface area contributed by atoms with E-state index in [0.717, 1.165) is 11.8 Å². The quantitative estimate of drug-likeness (QED) is 0.758. The van der Waals surface area contributed by atoms with Gasteiger partial charge in [0, 0.05) is 12.7 Å². The van der Waals surface area contributed by atoms with Crippen molar-refractivity contribution >= 4 is 15.6 Å². The highest BCUT2D eigenvalue weighted by Crippen LogP contribution is 2.12. The van der Waals surface area contributed by atoms with Crippen LogP contribution < -0.4 is 0 Å². The Hall–Kier alpha value is -1.23. The molecule has 0 radical (unpaired) electrons. The molecule has 0 saturated heterocycles. The van der Waals surface area contributed by atoms with E-state index in [0.29, 0.717) is 0 Å². The second-order valence-electron chi connectivity index (χ2n) is 3.79. The molecule has 0 aliphatic carbocycles. The maximum absolute atomic E-state index is 13.3. The maximum atomic E-state index is 13.3. The number of sulfone groups is 1. The van der Waals surface area contributed by atoms with E-state index in [-0.39, 0.29) is 17.7 Å². The summed E-state index contributed by atoms with van der Waals surface area (Å²) in [5.74, 6) is -1.34. The molecule has 88 valence electrons. The van der Waals surface area contributed by atoms with Crippen LogP contribution in [-0.4, -0.2) is 26.2 Å². The van der Waals surface area contributed by atoms with Crippen LogP contribution in [0.25, 0.3) is 0 Å². The van der Waals surface area contributed by atoms with Gasteiger partial charge in [-0.25, -0.2) is 12.8 Å². The van der Waals surface area contributed by atoms with Gasteiger partial charge in [-0.15, -0.1) is 0 Å². The van der Waals surface area contributed by atoms with Crippen molar-refractivity contribution in [3.8, 4) is 0 Å². The van der Waals surface area contributed by atoms with Gasteiger partial charge in [-0.1, -0.05) is 11.6 Å². The Kier molecular flexibility index (Phi) is 3.80. The van der Waals surface area contributed by atoms with Crippen LogP contribution in [0.3, 0.4) is 0 Å². The Bertz CT molecular complexity index is 506. The van der Waals surface area contributed by atoms with Gasteiger partial charge in [-0.2, -0.15) is 0 Å². The second-order valence-corrected chi connectivity index (χ2v) is 6.05. The van der Waals surface area contributed by atoms with E-state index in [9.17, 15) is 17.6 Å². The zero-order valence-electron chi connectivity index (χ0n) is 9.16. The smallest absolute Gasteiger partial charge is 0.166 e. The highest BCUT2D eigenvalue weighted by Gasteiger charge is 2.14. The topological polar surface area (TPSA) is 51.2 Å². The third-order valence-corrected chi connectivity index (χ3v) is 3.07. The SMILES string of the molecule is Cc1ccc(F)c(C(=O)CCS(C)(=O)=O)c1. The molecule has 0 amide bonds. The largest absolute Gasteiger partial charge is 0.294 e. The zero-order valence-corrected chi connectivity index (χ0v) is 9.97. The fourth-order valence-corrected chi connectivity index (χ4v) is 1.82. The highest BCUT2D eigenvalue weighted by atomic mass is 32.2. The number of rotatable bonds is 4. The maximum Gasteiger partial charge on any atom is 0.166 e. The molecule has 0 spiro atoms. The number of hydrogen-bond acceptors (Lipinski definition) is 3. The van der Waals surface area contributed by atoms with Gasteiger partial charge in [0.25, 0.3) is 0 Å². The van der Waals surface area contributed by atoms with E-state index >= 15 is 0 Å². The van der Waals surface area contributed by atoms with Crippen molar-refractivity contribution in [2.24, 2.45) is 0 Å². The predicted octanol–water partition coefficient (Wildman–Crippen LogP) is 1.75. The van der Waals surface area contributed by atoms with Gasteiger partial charge >= 0.3 is 0 Å². The molecular weight excluding hydrogens is 231 g/mol. The summed E-state index contributed by atoms with van der Waals surface area (Å²) in [5, 5.41) is 0. The van der Waals surface area contributed by atoms with Crippen molar-refractivity contribution in [3.63, 3.8) is 0 Å². The predicted molar refractivity (Wildman–Crippen MR) is 59.8 cm³/mol. The highest BCUT2D eigenvalue weighted by molar-refractivity contribution is 7.90. The van der Waals surface area contributed by atoms with Crippen molar-refractivity contribution in [2.45, 2.75) is 13.3 Å². The Labute approximate surface area is 94.2 Å². The molecule has 5 heteroatoms. The van der Waals surface area contributed by atoms with Crippen molar-refractivity contribution in [1.82, 2.24) is 0 Å². The Morgan fingerprint density at radius 2 is 2.00 bits per heavy atom. The van der Waals surface area contributed by atoms with Crippen LogP contribution in [0.5, 0.6) is 0 Å². The summed E-state index contributed by atoms with van der Waals surface area (Å²) in [6, 6.07) is 4.20. The Morgan fingerprint density at radius 3 is 2.56 bits per heavy atom. The molecule has 0 atom stereocenters. The van der Waals surface area contributed by atoms with Crippen molar-refractivity contribution in [2.75, 3.05) is 12.0 Å². The minimum absolute atomic E-state index is 0.0383. The van der Waals surface area contributed by atoms with E-state index in [4.69, 9.17) is 0 Å². The number of carbonyl (C=O) groups is 1. The van der Waals surface area contributed by atoms with Gasteiger partial charge in [-0.3, -0.25) is 4.79 Å². The first-order valence-corrected chi connectivity index (χ1v) is 6.83. The van der Waals surface area contributed by atoms with E-state index in [1.54, 1.807) is 13.0 Å². The molecule has 3 nitrogen and oxygen atoms in total. The third kappa shape index (κ3) is 3.73. The van der Waals surface area contributed by atoms with Crippen molar-refractivity contribution in [1.29, 1.82) is 0 Å². The minimum atomic E-state index is -3.19. The molecule has 0 heterocycles. The van der Waals surface area contributed by atoms with Gasteiger partial charge in [0.15, 0.2) is 5.78 Å². The molecule has 0 unspecified atom stereocenters. The molecule has 0 aliphatic rings. The monoisotopic (exact) mass is 244 g/mol. The van der Waals surface area contributed by atoms with E-state index in [2.05, 4.69) is 0 Å². The molecule has 0 saturated carbocycles. The number of benzene rings is 1. The summed E-state index contributed by atoms with van der Waals surface area (Å²) in [6.45, 7) is 1.74. The van der Waals surface area contributed by atoms with Crippen LogP contribution in [0.2, 0.25) is 0 Å². The number of hydrogen-bond donors (Lipinski definition) is 0. The summed E-state index contributed by atoms with van der Waals surface area (Å²) >= 11 is 0. The summed E-state index contributed by atoms with van der Waals surface area (Å²) in [6.07, 6.45) is 0.867. The molecule has 0 fully saturated rings. The first-order valence-electron chi connectivity index (χ1n) is 4.76. The van der Waals surface area contributed by atoms with Gasteiger partial charge in [0.05, 0.1) is 11.3 Å². The zero-order chi connectivity index (χ0) is 12.3. The van der Waals surface area contributed by atoms with E-state index in [1.807, 2.05) is 0 Å². The Balaban J connectivity index is 2.85. The van der Waals surface area contributed by atoms with Gasteiger partial charge in [-0.05, 0) is 19.1 Å². The lowest BCUT2D eigenvalue weighted by molar-refractivity contribution is 0.0985. The molecular formula is C11H13FO3S. The second kappa shape index (κ2) is 4.74. The molecule has 0 bridgehead atoms.